The quantitative estimate of drug-likeness (QED) is 0.788. The smallest absolute Gasteiger partial charge is 0.137 e. The molecule has 1 N–H and O–H groups in total. The third-order valence-electron chi connectivity index (χ3n) is 3.15. The first-order valence-corrected chi connectivity index (χ1v) is 6.89. The third-order valence-corrected chi connectivity index (χ3v) is 3.38. The van der Waals surface area contributed by atoms with E-state index in [1.807, 2.05) is 24.3 Å². The topological polar surface area (TPSA) is 37.8 Å². The lowest BCUT2D eigenvalue weighted by Crippen LogP contribution is -2.07. The summed E-state index contributed by atoms with van der Waals surface area (Å²) in [7, 11) is 0. The Morgan fingerprint density at radius 3 is 2.70 bits per heavy atom. The average Bonchev–Trinajstić information content (AvgIpc) is 2.49. The summed E-state index contributed by atoms with van der Waals surface area (Å²) in [5.74, 6) is 0.827. The fourth-order valence-corrected chi connectivity index (χ4v) is 2.31. The van der Waals surface area contributed by atoms with Crippen molar-refractivity contribution in [3.8, 4) is 0 Å². The van der Waals surface area contributed by atoms with Gasteiger partial charge in [0.05, 0.1) is 5.52 Å². The van der Waals surface area contributed by atoms with Crippen molar-refractivity contribution >= 4 is 28.3 Å². The lowest BCUT2D eigenvalue weighted by atomic mass is 10.1. The lowest BCUT2D eigenvalue weighted by molar-refractivity contribution is 1.01. The number of halogens is 1. The van der Waals surface area contributed by atoms with E-state index in [1.165, 1.54) is 5.56 Å². The minimum atomic E-state index is 0.693. The first-order valence-electron chi connectivity index (χ1n) is 6.51. The van der Waals surface area contributed by atoms with Crippen molar-refractivity contribution in [1.29, 1.82) is 0 Å². The molecule has 0 saturated carbocycles. The summed E-state index contributed by atoms with van der Waals surface area (Å²) >= 11 is 6.04. The van der Waals surface area contributed by atoms with Crippen LogP contribution in [0.1, 0.15) is 5.56 Å². The summed E-state index contributed by atoms with van der Waals surface area (Å²) in [4.78, 5) is 8.54. The van der Waals surface area contributed by atoms with Crippen LogP contribution in [-0.2, 0) is 6.42 Å². The number of hydrogen-bond donors (Lipinski definition) is 1. The van der Waals surface area contributed by atoms with Crippen LogP contribution in [0.15, 0.2) is 54.9 Å². The predicted molar refractivity (Wildman–Crippen MR) is 83.2 cm³/mol. The molecule has 0 fully saturated rings. The molecular weight excluding hydrogens is 270 g/mol. The molecule has 3 aromatic rings. The van der Waals surface area contributed by atoms with E-state index in [0.29, 0.717) is 5.02 Å². The van der Waals surface area contributed by atoms with E-state index in [1.54, 1.807) is 6.33 Å². The van der Waals surface area contributed by atoms with Crippen molar-refractivity contribution in [2.45, 2.75) is 6.42 Å². The van der Waals surface area contributed by atoms with E-state index in [0.717, 1.165) is 29.7 Å². The normalized spacial score (nSPS) is 10.7. The van der Waals surface area contributed by atoms with Gasteiger partial charge in [0.1, 0.15) is 12.1 Å². The largest absolute Gasteiger partial charge is 0.369 e. The van der Waals surface area contributed by atoms with Crippen LogP contribution in [0.4, 0.5) is 5.82 Å². The highest BCUT2D eigenvalue weighted by atomic mass is 35.5. The van der Waals surface area contributed by atoms with Crippen molar-refractivity contribution in [1.82, 2.24) is 9.97 Å². The molecule has 1 aromatic heterocycles. The van der Waals surface area contributed by atoms with Gasteiger partial charge >= 0.3 is 0 Å². The molecule has 4 heteroatoms. The molecule has 0 amide bonds. The Bertz CT molecular complexity index is 713. The van der Waals surface area contributed by atoms with Gasteiger partial charge in [-0.1, -0.05) is 41.9 Å². The summed E-state index contributed by atoms with van der Waals surface area (Å²) in [6.45, 7) is 0.822. The highest BCUT2D eigenvalue weighted by Crippen LogP contribution is 2.22. The van der Waals surface area contributed by atoms with Gasteiger partial charge in [-0.2, -0.15) is 0 Å². The molecule has 2 aromatic carbocycles. The highest BCUT2D eigenvalue weighted by molar-refractivity contribution is 6.31. The van der Waals surface area contributed by atoms with E-state index >= 15 is 0 Å². The molecule has 20 heavy (non-hydrogen) atoms. The second-order valence-electron chi connectivity index (χ2n) is 4.55. The third kappa shape index (κ3) is 2.89. The molecule has 0 spiro atoms. The van der Waals surface area contributed by atoms with E-state index in [4.69, 9.17) is 11.6 Å². The van der Waals surface area contributed by atoms with Crippen LogP contribution < -0.4 is 5.32 Å². The SMILES string of the molecule is Clc1ccc2ncnc(NCCc3ccccc3)c2c1. The minimum absolute atomic E-state index is 0.693. The number of rotatable bonds is 4. The van der Waals surface area contributed by atoms with Crippen LogP contribution in [0.3, 0.4) is 0 Å². The van der Waals surface area contributed by atoms with E-state index < -0.39 is 0 Å². The Morgan fingerprint density at radius 1 is 1.00 bits per heavy atom. The molecule has 3 nitrogen and oxygen atoms in total. The van der Waals surface area contributed by atoms with Crippen molar-refractivity contribution < 1.29 is 0 Å². The van der Waals surface area contributed by atoms with Gasteiger partial charge in [-0.25, -0.2) is 9.97 Å². The second kappa shape index (κ2) is 5.88. The second-order valence-corrected chi connectivity index (χ2v) is 4.98. The van der Waals surface area contributed by atoms with Gasteiger partial charge in [-0.15, -0.1) is 0 Å². The van der Waals surface area contributed by atoms with E-state index in [9.17, 15) is 0 Å². The fourth-order valence-electron chi connectivity index (χ4n) is 2.14. The number of hydrogen-bond acceptors (Lipinski definition) is 3. The Hall–Kier alpha value is -2.13. The van der Waals surface area contributed by atoms with Gasteiger partial charge in [0.25, 0.3) is 0 Å². The van der Waals surface area contributed by atoms with Crippen LogP contribution >= 0.6 is 11.6 Å². The molecule has 1 heterocycles. The standard InChI is InChI=1S/C16H14ClN3/c17-13-6-7-15-14(10-13)16(20-11-19-15)18-9-8-12-4-2-1-3-5-12/h1-7,10-11H,8-9H2,(H,18,19,20). The highest BCUT2D eigenvalue weighted by Gasteiger charge is 2.03. The molecule has 3 rings (SSSR count). The van der Waals surface area contributed by atoms with Gasteiger partial charge < -0.3 is 5.32 Å². The van der Waals surface area contributed by atoms with Crippen LogP contribution in [0.25, 0.3) is 10.9 Å². The van der Waals surface area contributed by atoms with E-state index in [2.05, 4.69) is 39.6 Å². The van der Waals surface area contributed by atoms with Gasteiger partial charge in [-0.05, 0) is 30.2 Å². The van der Waals surface area contributed by atoms with Crippen LogP contribution in [0, 0.1) is 0 Å². The van der Waals surface area contributed by atoms with E-state index in [-0.39, 0.29) is 0 Å². The van der Waals surface area contributed by atoms with Crippen molar-refractivity contribution in [3.63, 3.8) is 0 Å². The minimum Gasteiger partial charge on any atom is -0.369 e. The number of fused-ring (bicyclic) bond motifs is 1. The molecule has 0 aliphatic rings. The first-order chi connectivity index (χ1) is 9.83. The Balaban J connectivity index is 1.76. The Morgan fingerprint density at radius 2 is 1.85 bits per heavy atom. The number of benzene rings is 2. The fraction of sp³-hybridized carbons (Fsp3) is 0.125. The summed E-state index contributed by atoms with van der Waals surface area (Å²) in [5.41, 5.74) is 2.20. The Kier molecular flexibility index (Phi) is 3.79. The molecule has 0 bridgehead atoms. The monoisotopic (exact) mass is 283 g/mol. The number of nitrogens with zero attached hydrogens (tertiary/aromatic N) is 2. The number of nitrogens with one attached hydrogen (secondary N) is 1. The number of anilines is 1. The molecular formula is C16H14ClN3. The molecule has 100 valence electrons. The maximum atomic E-state index is 6.04. The van der Waals surface area contributed by atoms with Gasteiger partial charge in [0.15, 0.2) is 0 Å². The summed E-state index contributed by atoms with van der Waals surface area (Å²) in [6, 6.07) is 16.0. The number of aromatic nitrogens is 2. The molecule has 0 aliphatic heterocycles. The van der Waals surface area contributed by atoms with Crippen LogP contribution in [0.5, 0.6) is 0 Å². The predicted octanol–water partition coefficient (Wildman–Crippen LogP) is 3.94. The Labute approximate surface area is 122 Å². The van der Waals surface area contributed by atoms with Crippen molar-refractivity contribution in [2.75, 3.05) is 11.9 Å². The zero-order valence-electron chi connectivity index (χ0n) is 10.9. The molecule has 0 unspecified atom stereocenters. The molecule has 0 radical (unpaired) electrons. The zero-order chi connectivity index (χ0) is 13.8. The first kappa shape index (κ1) is 12.9. The summed E-state index contributed by atoms with van der Waals surface area (Å²) < 4.78 is 0. The molecule has 0 saturated heterocycles. The molecule has 0 atom stereocenters. The maximum absolute atomic E-state index is 6.04. The van der Waals surface area contributed by atoms with Gasteiger partial charge in [0.2, 0.25) is 0 Å². The summed E-state index contributed by atoms with van der Waals surface area (Å²) in [6.07, 6.45) is 2.52. The van der Waals surface area contributed by atoms with Gasteiger partial charge in [0, 0.05) is 17.0 Å². The molecule has 0 aliphatic carbocycles. The van der Waals surface area contributed by atoms with Gasteiger partial charge in [-0.3, -0.25) is 0 Å². The average molecular weight is 284 g/mol. The maximum Gasteiger partial charge on any atom is 0.137 e. The zero-order valence-corrected chi connectivity index (χ0v) is 11.6. The van der Waals surface area contributed by atoms with Crippen LogP contribution in [0.2, 0.25) is 5.02 Å². The van der Waals surface area contributed by atoms with Crippen molar-refractivity contribution in [3.05, 3.63) is 65.4 Å². The lowest BCUT2D eigenvalue weighted by Gasteiger charge is -2.08. The summed E-state index contributed by atoms with van der Waals surface area (Å²) in [5, 5.41) is 5.00. The van der Waals surface area contributed by atoms with Crippen molar-refractivity contribution in [2.24, 2.45) is 0 Å². The van der Waals surface area contributed by atoms with Crippen LogP contribution in [-0.4, -0.2) is 16.5 Å².